The Morgan fingerprint density at radius 3 is 2.91 bits per heavy atom. The van der Waals surface area contributed by atoms with E-state index >= 15 is 0 Å². The minimum absolute atomic E-state index is 0.0697. The van der Waals surface area contributed by atoms with Gasteiger partial charge in [-0.15, -0.1) is 0 Å². The molecule has 1 N–H and O–H groups in total. The van der Waals surface area contributed by atoms with Crippen molar-refractivity contribution in [3.05, 3.63) is 61.5 Å². The number of carbonyl (C=O) groups is 1. The fourth-order valence-corrected chi connectivity index (χ4v) is 4.17. The number of hydrogen-bond acceptors (Lipinski definition) is 6. The molecule has 1 saturated heterocycles. The maximum absolute atomic E-state index is 13.0. The van der Waals surface area contributed by atoms with Gasteiger partial charge < -0.3 is 19.2 Å². The van der Waals surface area contributed by atoms with E-state index in [-0.39, 0.29) is 17.7 Å². The van der Waals surface area contributed by atoms with Crippen LogP contribution in [0.3, 0.4) is 0 Å². The summed E-state index contributed by atoms with van der Waals surface area (Å²) >= 11 is 0. The van der Waals surface area contributed by atoms with E-state index in [4.69, 9.17) is 4.74 Å². The molecule has 1 aliphatic rings. The van der Waals surface area contributed by atoms with Gasteiger partial charge in [-0.25, -0.2) is 9.97 Å². The lowest BCUT2D eigenvalue weighted by Gasteiger charge is -2.36. The number of aryl methyl sites for hydroxylation is 2. The van der Waals surface area contributed by atoms with Crippen LogP contribution in [-0.2, 0) is 24.9 Å². The molecule has 2 atom stereocenters. The van der Waals surface area contributed by atoms with E-state index in [9.17, 15) is 4.79 Å². The van der Waals surface area contributed by atoms with Gasteiger partial charge in [0.05, 0.1) is 31.6 Å². The number of amides is 1. The van der Waals surface area contributed by atoms with Gasteiger partial charge in [-0.05, 0) is 25.0 Å². The first-order valence-electron chi connectivity index (χ1n) is 11.1. The second kappa shape index (κ2) is 10.9. The number of hydrogen-bond donors (Lipinski definition) is 1. The van der Waals surface area contributed by atoms with Crippen LogP contribution in [0.15, 0.2) is 55.6 Å². The molecule has 1 aliphatic heterocycles. The van der Waals surface area contributed by atoms with Gasteiger partial charge in [0.15, 0.2) is 0 Å². The van der Waals surface area contributed by atoms with Gasteiger partial charge in [-0.1, -0.05) is 0 Å². The molecule has 32 heavy (non-hydrogen) atoms. The zero-order chi connectivity index (χ0) is 22.2. The van der Waals surface area contributed by atoms with E-state index < -0.39 is 0 Å². The number of piperidine rings is 1. The average molecular weight is 438 g/mol. The van der Waals surface area contributed by atoms with Crippen LogP contribution in [0, 0.1) is 11.8 Å². The molecule has 0 bridgehead atoms. The maximum atomic E-state index is 13.0. The normalized spacial score (nSPS) is 19.0. The highest BCUT2D eigenvalue weighted by Gasteiger charge is 2.32. The molecule has 0 radical (unpaired) electrons. The summed E-state index contributed by atoms with van der Waals surface area (Å²) < 4.78 is 10.0. The van der Waals surface area contributed by atoms with Gasteiger partial charge in [-0.3, -0.25) is 14.7 Å². The van der Waals surface area contributed by atoms with Gasteiger partial charge in [0.2, 0.25) is 5.91 Å². The molecule has 1 amide bonds. The molecule has 9 nitrogen and oxygen atoms in total. The van der Waals surface area contributed by atoms with E-state index in [0.717, 1.165) is 50.6 Å². The van der Waals surface area contributed by atoms with Crippen LogP contribution >= 0.6 is 0 Å². The Morgan fingerprint density at radius 2 is 2.16 bits per heavy atom. The molecule has 4 heterocycles. The largest absolute Gasteiger partial charge is 0.492 e. The van der Waals surface area contributed by atoms with Crippen molar-refractivity contribution in [3.8, 4) is 5.75 Å². The zero-order valence-corrected chi connectivity index (χ0v) is 18.5. The molecule has 1 fully saturated rings. The van der Waals surface area contributed by atoms with E-state index in [1.165, 1.54) is 0 Å². The third-order valence-corrected chi connectivity index (χ3v) is 5.84. The van der Waals surface area contributed by atoms with Crippen LogP contribution in [0.25, 0.3) is 0 Å². The summed E-state index contributed by atoms with van der Waals surface area (Å²) in [6.07, 6.45) is 14.4. The van der Waals surface area contributed by atoms with Crippen molar-refractivity contribution >= 4 is 5.91 Å². The van der Waals surface area contributed by atoms with E-state index in [0.29, 0.717) is 13.2 Å². The number of imidazole rings is 2. The van der Waals surface area contributed by atoms with Crippen LogP contribution in [-0.4, -0.2) is 61.1 Å². The number of carbonyl (C=O) groups excluding carboxylic acids is 1. The van der Waals surface area contributed by atoms with Crippen LogP contribution in [0.4, 0.5) is 0 Å². The van der Waals surface area contributed by atoms with Crippen molar-refractivity contribution in [2.75, 3.05) is 26.2 Å². The summed E-state index contributed by atoms with van der Waals surface area (Å²) in [5, 5.41) is 3.13. The predicted octanol–water partition coefficient (Wildman–Crippen LogP) is 1.74. The number of ether oxygens (including phenoxy) is 1. The highest BCUT2D eigenvalue weighted by atomic mass is 16.5. The molecule has 0 spiro atoms. The Bertz CT molecular complexity index is 958. The SMILES string of the molecule is Cn1ccnc1CN1C[C@@H](COc2cccnc2)C[C@@H](C(=O)NCCCn2ccnc2)C1. The van der Waals surface area contributed by atoms with Crippen molar-refractivity contribution in [1.82, 2.24) is 34.3 Å². The Balaban J connectivity index is 1.33. The summed E-state index contributed by atoms with van der Waals surface area (Å²) in [5.41, 5.74) is 0. The first-order valence-corrected chi connectivity index (χ1v) is 11.1. The van der Waals surface area contributed by atoms with Gasteiger partial charge in [-0.2, -0.15) is 0 Å². The third kappa shape index (κ3) is 6.16. The first kappa shape index (κ1) is 22.0. The smallest absolute Gasteiger partial charge is 0.224 e. The summed E-state index contributed by atoms with van der Waals surface area (Å²) in [7, 11) is 2.00. The summed E-state index contributed by atoms with van der Waals surface area (Å²) in [4.78, 5) is 27.9. The number of nitrogens with one attached hydrogen (secondary N) is 1. The second-order valence-electron chi connectivity index (χ2n) is 8.39. The molecule has 0 aliphatic carbocycles. The number of nitrogens with zero attached hydrogens (tertiary/aromatic N) is 6. The molecule has 4 rings (SSSR count). The highest BCUT2D eigenvalue weighted by molar-refractivity contribution is 5.79. The van der Waals surface area contributed by atoms with Crippen molar-refractivity contribution < 1.29 is 9.53 Å². The predicted molar refractivity (Wildman–Crippen MR) is 120 cm³/mol. The van der Waals surface area contributed by atoms with Crippen molar-refractivity contribution in [1.29, 1.82) is 0 Å². The maximum Gasteiger partial charge on any atom is 0.224 e. The first-order chi connectivity index (χ1) is 15.7. The molecule has 3 aromatic heterocycles. The van der Waals surface area contributed by atoms with Crippen LogP contribution in [0.5, 0.6) is 5.75 Å². The lowest BCUT2D eigenvalue weighted by atomic mass is 9.89. The van der Waals surface area contributed by atoms with Crippen molar-refractivity contribution in [3.63, 3.8) is 0 Å². The second-order valence-corrected chi connectivity index (χ2v) is 8.39. The lowest BCUT2D eigenvalue weighted by molar-refractivity contribution is -0.127. The van der Waals surface area contributed by atoms with E-state index in [1.807, 2.05) is 46.9 Å². The Morgan fingerprint density at radius 1 is 1.22 bits per heavy atom. The quantitative estimate of drug-likeness (QED) is 0.486. The lowest BCUT2D eigenvalue weighted by Crippen LogP contribution is -2.47. The fraction of sp³-hybridized carbons (Fsp3) is 0.478. The molecule has 170 valence electrons. The molecule has 9 heteroatoms. The van der Waals surface area contributed by atoms with Gasteiger partial charge in [0, 0.05) is 70.1 Å². The summed E-state index contributed by atoms with van der Waals surface area (Å²) in [6.45, 7) is 4.38. The minimum Gasteiger partial charge on any atom is -0.492 e. The van der Waals surface area contributed by atoms with Crippen LogP contribution in [0.2, 0.25) is 0 Å². The zero-order valence-electron chi connectivity index (χ0n) is 18.5. The fourth-order valence-electron chi connectivity index (χ4n) is 4.17. The third-order valence-electron chi connectivity index (χ3n) is 5.84. The van der Waals surface area contributed by atoms with Crippen molar-refractivity contribution in [2.45, 2.75) is 25.9 Å². The molecular formula is C23H31N7O2. The standard InChI is InChI=1S/C23H31N7O2/c1-28-10-8-26-22(28)16-30-14-19(17-32-21-4-2-5-24-13-21)12-20(15-30)23(31)27-6-3-9-29-11-7-25-18-29/h2,4-5,7-8,10-11,13,18-20H,3,6,9,12,14-17H2,1H3,(H,27,31)/t19-,20+/m0/s1. The average Bonchev–Trinajstić information content (AvgIpc) is 3.48. The Labute approximate surface area is 188 Å². The summed E-state index contributed by atoms with van der Waals surface area (Å²) in [5.74, 6) is 2.06. The number of rotatable bonds is 10. The van der Waals surface area contributed by atoms with Crippen LogP contribution < -0.4 is 10.1 Å². The molecule has 3 aromatic rings. The van der Waals surface area contributed by atoms with E-state index in [1.54, 1.807) is 24.9 Å². The minimum atomic E-state index is -0.0697. The number of likely N-dealkylation sites (tertiary alicyclic amines) is 1. The molecule has 0 saturated carbocycles. The van der Waals surface area contributed by atoms with Gasteiger partial charge in [0.1, 0.15) is 11.6 Å². The summed E-state index contributed by atoms with van der Waals surface area (Å²) in [6, 6.07) is 3.77. The monoisotopic (exact) mass is 437 g/mol. The number of aromatic nitrogens is 5. The Hall–Kier alpha value is -3.20. The number of pyridine rings is 1. The molecule has 0 unspecified atom stereocenters. The topological polar surface area (TPSA) is 90.1 Å². The highest BCUT2D eigenvalue weighted by Crippen LogP contribution is 2.24. The van der Waals surface area contributed by atoms with Crippen molar-refractivity contribution in [2.24, 2.45) is 18.9 Å². The van der Waals surface area contributed by atoms with Crippen LogP contribution in [0.1, 0.15) is 18.7 Å². The van der Waals surface area contributed by atoms with E-state index in [2.05, 4.69) is 25.2 Å². The molecule has 0 aromatic carbocycles. The van der Waals surface area contributed by atoms with Gasteiger partial charge in [0.25, 0.3) is 0 Å². The Kier molecular flexibility index (Phi) is 7.50. The molecular weight excluding hydrogens is 406 g/mol. The van der Waals surface area contributed by atoms with Gasteiger partial charge >= 0.3 is 0 Å².